The lowest BCUT2D eigenvalue weighted by atomic mass is 10.1. The van der Waals surface area contributed by atoms with Crippen LogP contribution in [0.2, 0.25) is 5.02 Å². The monoisotopic (exact) mass is 295 g/mol. The Morgan fingerprint density at radius 1 is 0.952 bits per heavy atom. The SMILES string of the molecule is Cc1cnc(Oc2ccccc2)c(-c2ccc(Cl)cc2)c1. The van der Waals surface area contributed by atoms with Gasteiger partial charge >= 0.3 is 0 Å². The lowest BCUT2D eigenvalue weighted by Crippen LogP contribution is -1.92. The maximum Gasteiger partial charge on any atom is 0.227 e. The number of benzene rings is 2. The van der Waals surface area contributed by atoms with E-state index >= 15 is 0 Å². The third-order valence-electron chi connectivity index (χ3n) is 3.10. The molecule has 0 aliphatic heterocycles. The van der Waals surface area contributed by atoms with Crippen LogP contribution in [0.3, 0.4) is 0 Å². The minimum atomic E-state index is 0.592. The van der Waals surface area contributed by atoms with Gasteiger partial charge in [0.1, 0.15) is 5.75 Å². The molecule has 3 heteroatoms. The number of ether oxygens (including phenoxy) is 1. The first kappa shape index (κ1) is 13.7. The molecule has 0 spiro atoms. The summed E-state index contributed by atoms with van der Waals surface area (Å²) in [5.74, 6) is 1.36. The molecular weight excluding hydrogens is 282 g/mol. The third kappa shape index (κ3) is 3.23. The van der Waals surface area contributed by atoms with E-state index in [-0.39, 0.29) is 0 Å². The van der Waals surface area contributed by atoms with Crippen LogP contribution in [0.25, 0.3) is 11.1 Å². The van der Waals surface area contributed by atoms with E-state index in [1.54, 1.807) is 6.20 Å². The Morgan fingerprint density at radius 3 is 2.38 bits per heavy atom. The van der Waals surface area contributed by atoms with Crippen LogP contribution in [0, 0.1) is 6.92 Å². The van der Waals surface area contributed by atoms with Crippen LogP contribution in [0.4, 0.5) is 0 Å². The van der Waals surface area contributed by atoms with Gasteiger partial charge in [-0.05, 0) is 48.4 Å². The van der Waals surface area contributed by atoms with Crippen LogP contribution in [0.5, 0.6) is 11.6 Å². The second-order valence-corrected chi connectivity index (χ2v) is 5.22. The number of rotatable bonds is 3. The molecule has 0 unspecified atom stereocenters. The van der Waals surface area contributed by atoms with Gasteiger partial charge < -0.3 is 4.74 Å². The van der Waals surface area contributed by atoms with Crippen molar-refractivity contribution in [2.75, 3.05) is 0 Å². The Bertz CT molecular complexity index is 739. The summed E-state index contributed by atoms with van der Waals surface area (Å²) in [7, 11) is 0. The van der Waals surface area contributed by atoms with Gasteiger partial charge in [-0.3, -0.25) is 0 Å². The van der Waals surface area contributed by atoms with E-state index in [0.717, 1.165) is 22.4 Å². The Hall–Kier alpha value is -2.32. The Morgan fingerprint density at radius 2 is 1.67 bits per heavy atom. The van der Waals surface area contributed by atoms with Crippen LogP contribution in [-0.2, 0) is 0 Å². The van der Waals surface area contributed by atoms with Crippen molar-refractivity contribution in [3.63, 3.8) is 0 Å². The van der Waals surface area contributed by atoms with E-state index in [9.17, 15) is 0 Å². The number of halogens is 1. The normalized spacial score (nSPS) is 10.4. The number of aryl methyl sites for hydroxylation is 1. The smallest absolute Gasteiger partial charge is 0.227 e. The molecule has 0 saturated carbocycles. The largest absolute Gasteiger partial charge is 0.438 e. The van der Waals surface area contributed by atoms with Gasteiger partial charge in [-0.15, -0.1) is 0 Å². The van der Waals surface area contributed by atoms with Gasteiger partial charge in [0.2, 0.25) is 5.88 Å². The first-order chi connectivity index (χ1) is 10.2. The maximum absolute atomic E-state index is 5.95. The quantitative estimate of drug-likeness (QED) is 0.636. The molecule has 2 aromatic carbocycles. The predicted octanol–water partition coefficient (Wildman–Crippen LogP) is 5.50. The molecule has 21 heavy (non-hydrogen) atoms. The summed E-state index contributed by atoms with van der Waals surface area (Å²) in [6, 6.07) is 19.4. The maximum atomic E-state index is 5.95. The van der Waals surface area contributed by atoms with Crippen LogP contribution >= 0.6 is 11.6 Å². The molecule has 3 aromatic rings. The lowest BCUT2D eigenvalue weighted by molar-refractivity contribution is 0.464. The highest BCUT2D eigenvalue weighted by Crippen LogP contribution is 2.32. The molecule has 0 aliphatic rings. The van der Waals surface area contributed by atoms with Crippen molar-refractivity contribution in [2.24, 2.45) is 0 Å². The Kier molecular flexibility index (Phi) is 3.89. The van der Waals surface area contributed by atoms with Gasteiger partial charge in [0.05, 0.1) is 0 Å². The van der Waals surface area contributed by atoms with Gasteiger partial charge in [0, 0.05) is 16.8 Å². The predicted molar refractivity (Wildman–Crippen MR) is 85.9 cm³/mol. The molecule has 0 saturated heterocycles. The number of para-hydroxylation sites is 1. The van der Waals surface area contributed by atoms with Gasteiger partial charge in [-0.25, -0.2) is 4.98 Å². The summed E-state index contributed by atoms with van der Waals surface area (Å²) in [5.41, 5.74) is 3.07. The van der Waals surface area contributed by atoms with Crippen molar-refractivity contribution in [1.29, 1.82) is 0 Å². The summed E-state index contributed by atoms with van der Waals surface area (Å²) in [4.78, 5) is 4.42. The van der Waals surface area contributed by atoms with E-state index in [0.29, 0.717) is 10.9 Å². The molecule has 2 nitrogen and oxygen atoms in total. The fourth-order valence-electron chi connectivity index (χ4n) is 2.07. The topological polar surface area (TPSA) is 22.1 Å². The molecule has 0 amide bonds. The molecule has 3 rings (SSSR count). The molecule has 0 atom stereocenters. The average Bonchev–Trinajstić information content (AvgIpc) is 2.51. The molecule has 0 radical (unpaired) electrons. The minimum absolute atomic E-state index is 0.592. The van der Waals surface area contributed by atoms with Gasteiger partial charge in [0.25, 0.3) is 0 Å². The van der Waals surface area contributed by atoms with E-state index in [4.69, 9.17) is 16.3 Å². The fraction of sp³-hybridized carbons (Fsp3) is 0.0556. The molecular formula is C18H14ClNO. The molecule has 0 fully saturated rings. The average molecular weight is 296 g/mol. The highest BCUT2D eigenvalue weighted by molar-refractivity contribution is 6.30. The third-order valence-corrected chi connectivity index (χ3v) is 3.35. The molecule has 0 bridgehead atoms. The zero-order valence-corrected chi connectivity index (χ0v) is 12.3. The van der Waals surface area contributed by atoms with Crippen LogP contribution in [0.1, 0.15) is 5.56 Å². The van der Waals surface area contributed by atoms with E-state index in [1.165, 1.54) is 0 Å². The van der Waals surface area contributed by atoms with Crippen molar-refractivity contribution in [2.45, 2.75) is 6.92 Å². The summed E-state index contributed by atoms with van der Waals surface area (Å²) < 4.78 is 5.91. The first-order valence-electron chi connectivity index (χ1n) is 6.68. The van der Waals surface area contributed by atoms with Crippen LogP contribution in [0.15, 0.2) is 66.9 Å². The van der Waals surface area contributed by atoms with Gasteiger partial charge in [0.15, 0.2) is 0 Å². The molecule has 1 heterocycles. The molecule has 1 aromatic heterocycles. The fourth-order valence-corrected chi connectivity index (χ4v) is 2.20. The van der Waals surface area contributed by atoms with Crippen LogP contribution < -0.4 is 4.74 Å². The van der Waals surface area contributed by atoms with E-state index < -0.39 is 0 Å². The minimum Gasteiger partial charge on any atom is -0.438 e. The molecule has 104 valence electrons. The number of hydrogen-bond acceptors (Lipinski definition) is 2. The Labute approximate surface area is 129 Å². The van der Waals surface area contributed by atoms with Gasteiger partial charge in [-0.1, -0.05) is 41.9 Å². The summed E-state index contributed by atoms with van der Waals surface area (Å²) in [5, 5.41) is 0.713. The highest BCUT2D eigenvalue weighted by atomic mass is 35.5. The lowest BCUT2D eigenvalue weighted by Gasteiger charge is -2.11. The number of nitrogens with zero attached hydrogens (tertiary/aromatic N) is 1. The molecule has 0 N–H and O–H groups in total. The molecule has 0 aliphatic carbocycles. The second-order valence-electron chi connectivity index (χ2n) is 4.79. The number of hydrogen-bond donors (Lipinski definition) is 0. The van der Waals surface area contributed by atoms with Gasteiger partial charge in [-0.2, -0.15) is 0 Å². The van der Waals surface area contributed by atoms with E-state index in [2.05, 4.69) is 11.1 Å². The highest BCUT2D eigenvalue weighted by Gasteiger charge is 2.09. The summed E-state index contributed by atoms with van der Waals surface area (Å²) in [6.45, 7) is 2.01. The second kappa shape index (κ2) is 5.98. The zero-order chi connectivity index (χ0) is 14.7. The number of pyridine rings is 1. The number of aromatic nitrogens is 1. The van der Waals surface area contributed by atoms with Crippen molar-refractivity contribution >= 4 is 11.6 Å². The summed E-state index contributed by atoms with van der Waals surface area (Å²) >= 11 is 5.95. The Balaban J connectivity index is 2.03. The van der Waals surface area contributed by atoms with Crippen molar-refractivity contribution in [3.05, 3.63) is 77.4 Å². The first-order valence-corrected chi connectivity index (χ1v) is 7.06. The standard InChI is InChI=1S/C18H14ClNO/c1-13-11-17(14-7-9-15(19)10-8-14)18(20-12-13)21-16-5-3-2-4-6-16/h2-12H,1H3. The summed E-state index contributed by atoms with van der Waals surface area (Å²) in [6.07, 6.45) is 1.80. The van der Waals surface area contributed by atoms with Crippen molar-refractivity contribution in [1.82, 2.24) is 4.98 Å². The van der Waals surface area contributed by atoms with Crippen molar-refractivity contribution < 1.29 is 4.74 Å². The van der Waals surface area contributed by atoms with Crippen molar-refractivity contribution in [3.8, 4) is 22.8 Å². The zero-order valence-electron chi connectivity index (χ0n) is 11.6. The van der Waals surface area contributed by atoms with E-state index in [1.807, 2.05) is 61.5 Å². The van der Waals surface area contributed by atoms with Crippen LogP contribution in [-0.4, -0.2) is 4.98 Å².